The van der Waals surface area contributed by atoms with Crippen molar-refractivity contribution in [2.24, 2.45) is 0 Å². The van der Waals surface area contributed by atoms with Crippen LogP contribution in [0.4, 0.5) is 0 Å². The Hall–Kier alpha value is -2.43. The number of benzene rings is 1. The maximum absolute atomic E-state index is 11.6. The van der Waals surface area contributed by atoms with Crippen molar-refractivity contribution in [1.82, 2.24) is 15.2 Å². The van der Waals surface area contributed by atoms with Crippen molar-refractivity contribution < 1.29 is 9.53 Å². The molecule has 0 radical (unpaired) electrons. The lowest BCUT2D eigenvalue weighted by Crippen LogP contribution is -2.07. The summed E-state index contributed by atoms with van der Waals surface area (Å²) in [4.78, 5) is 14.8. The number of nitrogens with zero attached hydrogens (tertiary/aromatic N) is 2. The van der Waals surface area contributed by atoms with Crippen LogP contribution >= 0.6 is 0 Å². The van der Waals surface area contributed by atoms with Crippen LogP contribution in [0.3, 0.4) is 0 Å². The van der Waals surface area contributed by atoms with Gasteiger partial charge in [-0.05, 0) is 19.1 Å². The van der Waals surface area contributed by atoms with E-state index in [-0.39, 0.29) is 5.69 Å². The molecule has 18 heavy (non-hydrogen) atoms. The fraction of sp³-hybridized carbons (Fsp3) is 0.154. The van der Waals surface area contributed by atoms with E-state index in [1.54, 1.807) is 13.0 Å². The third-order valence-electron chi connectivity index (χ3n) is 2.75. The summed E-state index contributed by atoms with van der Waals surface area (Å²) in [6.07, 6.45) is 0. The molecule has 3 aromatic rings. The van der Waals surface area contributed by atoms with E-state index in [9.17, 15) is 4.79 Å². The van der Waals surface area contributed by atoms with Gasteiger partial charge in [0, 0.05) is 16.3 Å². The van der Waals surface area contributed by atoms with Crippen LogP contribution < -0.4 is 0 Å². The number of H-pyrrole nitrogens is 1. The summed E-state index contributed by atoms with van der Waals surface area (Å²) in [7, 11) is 0. The van der Waals surface area contributed by atoms with E-state index in [0.29, 0.717) is 12.3 Å². The Kier molecular flexibility index (Phi) is 2.44. The lowest BCUT2D eigenvalue weighted by Gasteiger charge is -1.99. The lowest BCUT2D eigenvalue weighted by atomic mass is 10.2. The predicted molar refractivity (Wildman–Crippen MR) is 67.4 cm³/mol. The van der Waals surface area contributed by atoms with Gasteiger partial charge in [-0.25, -0.2) is 4.79 Å². The van der Waals surface area contributed by atoms with Crippen molar-refractivity contribution in [3.05, 3.63) is 36.0 Å². The molecule has 0 aliphatic rings. The summed E-state index contributed by atoms with van der Waals surface area (Å²) in [5.74, 6) is -0.447. The van der Waals surface area contributed by atoms with E-state index in [4.69, 9.17) is 4.74 Å². The SMILES string of the molecule is CCOC(=O)c1cc2c(nn1)[nH]c1ccccc12. The molecule has 5 nitrogen and oxygen atoms in total. The number of hydrogen-bond donors (Lipinski definition) is 1. The maximum Gasteiger partial charge on any atom is 0.358 e. The highest BCUT2D eigenvalue weighted by Gasteiger charge is 2.12. The smallest absolute Gasteiger partial charge is 0.358 e. The van der Waals surface area contributed by atoms with Gasteiger partial charge in [0.2, 0.25) is 0 Å². The van der Waals surface area contributed by atoms with Crippen LogP contribution in [0.2, 0.25) is 0 Å². The summed E-state index contributed by atoms with van der Waals surface area (Å²) < 4.78 is 4.91. The Morgan fingerprint density at radius 1 is 1.28 bits per heavy atom. The Morgan fingerprint density at radius 2 is 2.11 bits per heavy atom. The molecule has 90 valence electrons. The van der Waals surface area contributed by atoms with Crippen molar-refractivity contribution in [3.8, 4) is 0 Å². The molecule has 0 aliphatic carbocycles. The molecule has 0 spiro atoms. The minimum Gasteiger partial charge on any atom is -0.461 e. The van der Waals surface area contributed by atoms with Crippen LogP contribution in [0, 0.1) is 0 Å². The Bertz CT molecular complexity index is 733. The van der Waals surface area contributed by atoms with Gasteiger partial charge in [-0.2, -0.15) is 0 Å². The second-order valence-electron chi connectivity index (χ2n) is 3.88. The fourth-order valence-electron chi connectivity index (χ4n) is 1.95. The van der Waals surface area contributed by atoms with Gasteiger partial charge in [-0.3, -0.25) is 0 Å². The molecule has 0 bridgehead atoms. The molecule has 3 rings (SSSR count). The van der Waals surface area contributed by atoms with Crippen molar-refractivity contribution in [1.29, 1.82) is 0 Å². The van der Waals surface area contributed by atoms with E-state index < -0.39 is 5.97 Å². The maximum atomic E-state index is 11.6. The third kappa shape index (κ3) is 1.60. The molecule has 1 aromatic carbocycles. The molecule has 0 saturated carbocycles. The van der Waals surface area contributed by atoms with Crippen molar-refractivity contribution in [2.45, 2.75) is 6.92 Å². The zero-order chi connectivity index (χ0) is 12.5. The number of para-hydroxylation sites is 1. The normalized spacial score (nSPS) is 10.9. The molecule has 5 heteroatoms. The van der Waals surface area contributed by atoms with Crippen LogP contribution in [0.25, 0.3) is 21.9 Å². The largest absolute Gasteiger partial charge is 0.461 e. The highest BCUT2D eigenvalue weighted by molar-refractivity contribution is 6.07. The van der Waals surface area contributed by atoms with E-state index in [1.807, 2.05) is 24.3 Å². The molecular weight excluding hydrogens is 230 g/mol. The standard InChI is InChI=1S/C13H11N3O2/c1-2-18-13(17)11-7-9-8-5-3-4-6-10(8)14-12(9)16-15-11/h3-7H,2H2,1H3,(H,14,16). The first-order chi connectivity index (χ1) is 8.79. The van der Waals surface area contributed by atoms with Gasteiger partial charge in [0.25, 0.3) is 0 Å². The number of hydrogen-bond acceptors (Lipinski definition) is 4. The van der Waals surface area contributed by atoms with E-state index in [1.165, 1.54) is 0 Å². The van der Waals surface area contributed by atoms with E-state index >= 15 is 0 Å². The number of nitrogens with one attached hydrogen (secondary N) is 1. The Balaban J connectivity index is 2.21. The molecule has 0 saturated heterocycles. The van der Waals surface area contributed by atoms with Gasteiger partial charge in [0.05, 0.1) is 6.61 Å². The monoisotopic (exact) mass is 241 g/mol. The Labute approximate surface area is 103 Å². The number of carbonyl (C=O) groups excluding carboxylic acids is 1. The molecular formula is C13H11N3O2. The van der Waals surface area contributed by atoms with Gasteiger partial charge in [-0.1, -0.05) is 18.2 Å². The summed E-state index contributed by atoms with van der Waals surface area (Å²) in [6.45, 7) is 2.09. The lowest BCUT2D eigenvalue weighted by molar-refractivity contribution is 0.0518. The van der Waals surface area contributed by atoms with Crippen LogP contribution in [0.15, 0.2) is 30.3 Å². The van der Waals surface area contributed by atoms with E-state index in [2.05, 4.69) is 15.2 Å². The van der Waals surface area contributed by atoms with Gasteiger partial charge >= 0.3 is 5.97 Å². The molecule has 0 unspecified atom stereocenters. The molecule has 0 fully saturated rings. The minimum absolute atomic E-state index is 0.231. The van der Waals surface area contributed by atoms with Gasteiger partial charge in [0.15, 0.2) is 11.3 Å². The summed E-state index contributed by atoms with van der Waals surface area (Å²) >= 11 is 0. The first-order valence-corrected chi connectivity index (χ1v) is 5.71. The first kappa shape index (κ1) is 10.7. The predicted octanol–water partition coefficient (Wildman–Crippen LogP) is 2.29. The number of aromatic amines is 1. The number of esters is 1. The van der Waals surface area contributed by atoms with Crippen LogP contribution in [-0.2, 0) is 4.74 Å². The van der Waals surface area contributed by atoms with Crippen LogP contribution in [0.5, 0.6) is 0 Å². The molecule has 2 heterocycles. The van der Waals surface area contributed by atoms with Crippen LogP contribution in [0.1, 0.15) is 17.4 Å². The van der Waals surface area contributed by atoms with Gasteiger partial charge in [0.1, 0.15) is 0 Å². The highest BCUT2D eigenvalue weighted by Crippen LogP contribution is 2.23. The second kappa shape index (κ2) is 4.10. The molecule has 0 aliphatic heterocycles. The molecule has 1 N–H and O–H groups in total. The average Bonchev–Trinajstić information content (AvgIpc) is 2.76. The van der Waals surface area contributed by atoms with Crippen LogP contribution in [-0.4, -0.2) is 27.8 Å². The summed E-state index contributed by atoms with van der Waals surface area (Å²) in [5, 5.41) is 9.78. The number of carbonyl (C=O) groups is 1. The molecule has 2 aromatic heterocycles. The topological polar surface area (TPSA) is 67.9 Å². The number of fused-ring (bicyclic) bond motifs is 3. The number of ether oxygens (including phenoxy) is 1. The zero-order valence-electron chi connectivity index (χ0n) is 9.80. The quantitative estimate of drug-likeness (QED) is 0.699. The first-order valence-electron chi connectivity index (χ1n) is 5.71. The Morgan fingerprint density at radius 3 is 2.94 bits per heavy atom. The summed E-state index contributed by atoms with van der Waals surface area (Å²) in [5.41, 5.74) is 1.88. The number of rotatable bonds is 2. The van der Waals surface area contributed by atoms with Gasteiger partial charge in [-0.15, -0.1) is 10.2 Å². The van der Waals surface area contributed by atoms with Gasteiger partial charge < -0.3 is 9.72 Å². The second-order valence-corrected chi connectivity index (χ2v) is 3.88. The highest BCUT2D eigenvalue weighted by atomic mass is 16.5. The molecule has 0 atom stereocenters. The summed E-state index contributed by atoms with van der Waals surface area (Å²) in [6, 6.07) is 9.53. The van der Waals surface area contributed by atoms with Crippen molar-refractivity contribution in [2.75, 3.05) is 6.61 Å². The number of aromatic nitrogens is 3. The molecule has 0 amide bonds. The average molecular weight is 241 g/mol. The van der Waals surface area contributed by atoms with Crippen molar-refractivity contribution >= 4 is 27.9 Å². The fourth-order valence-corrected chi connectivity index (χ4v) is 1.95. The van der Waals surface area contributed by atoms with E-state index in [0.717, 1.165) is 16.3 Å². The minimum atomic E-state index is -0.447. The third-order valence-corrected chi connectivity index (χ3v) is 2.75. The zero-order valence-corrected chi connectivity index (χ0v) is 9.80. The van der Waals surface area contributed by atoms with Crippen molar-refractivity contribution in [3.63, 3.8) is 0 Å².